The summed E-state index contributed by atoms with van der Waals surface area (Å²) in [6.07, 6.45) is 1.69. The summed E-state index contributed by atoms with van der Waals surface area (Å²) in [4.78, 5) is 4.22. The zero-order valence-electron chi connectivity index (χ0n) is 8.78. The van der Waals surface area contributed by atoms with E-state index in [4.69, 9.17) is 10.3 Å². The Balaban J connectivity index is 2.03. The number of halogens is 2. The fourth-order valence-corrected chi connectivity index (χ4v) is 1.98. The highest BCUT2D eigenvalue weighted by molar-refractivity contribution is 9.10. The van der Waals surface area contributed by atoms with Gasteiger partial charge in [-0.1, -0.05) is 21.1 Å². The first kappa shape index (κ1) is 10.9. The van der Waals surface area contributed by atoms with Crippen molar-refractivity contribution in [3.8, 4) is 11.4 Å². The average molecular weight is 298 g/mol. The monoisotopic (exact) mass is 297 g/mol. The molecule has 0 radical (unpaired) electrons. The molecule has 1 aliphatic rings. The Labute approximate surface area is 105 Å². The molecule has 6 heteroatoms. The summed E-state index contributed by atoms with van der Waals surface area (Å²) >= 11 is 3.32. The third kappa shape index (κ3) is 1.87. The topological polar surface area (TPSA) is 64.9 Å². The molecule has 88 valence electrons. The van der Waals surface area contributed by atoms with E-state index in [-0.39, 0.29) is 5.82 Å². The Morgan fingerprint density at radius 2 is 2.18 bits per heavy atom. The van der Waals surface area contributed by atoms with Crippen LogP contribution in [0.1, 0.15) is 18.7 Å². The van der Waals surface area contributed by atoms with Crippen molar-refractivity contribution in [1.82, 2.24) is 10.1 Å². The maximum absolute atomic E-state index is 13.2. The molecule has 0 unspecified atom stereocenters. The third-order valence-corrected chi connectivity index (χ3v) is 3.50. The minimum atomic E-state index is -0.467. The summed E-state index contributed by atoms with van der Waals surface area (Å²) in [5.41, 5.74) is 6.04. The van der Waals surface area contributed by atoms with Gasteiger partial charge in [0.25, 0.3) is 0 Å². The van der Waals surface area contributed by atoms with Crippen molar-refractivity contribution in [2.24, 2.45) is 5.73 Å². The van der Waals surface area contributed by atoms with Crippen LogP contribution in [0, 0.1) is 5.82 Å². The van der Waals surface area contributed by atoms with Crippen molar-refractivity contribution in [3.63, 3.8) is 0 Å². The standard InChI is InChI=1S/C11H9BrFN3O/c12-8-2-1-6(13)5-7(8)9-15-10(17-16-9)11(14)3-4-11/h1-2,5H,3-4,14H2. The highest BCUT2D eigenvalue weighted by atomic mass is 79.9. The first-order chi connectivity index (χ1) is 8.08. The SMILES string of the molecule is NC1(c2nc(-c3cc(F)ccc3Br)no2)CC1. The van der Waals surface area contributed by atoms with E-state index in [1.165, 1.54) is 12.1 Å². The predicted molar refractivity (Wildman–Crippen MR) is 62.5 cm³/mol. The van der Waals surface area contributed by atoms with Gasteiger partial charge in [0.05, 0.1) is 5.54 Å². The molecule has 2 N–H and O–H groups in total. The van der Waals surface area contributed by atoms with Gasteiger partial charge in [-0.3, -0.25) is 0 Å². The summed E-state index contributed by atoms with van der Waals surface area (Å²) in [6, 6.07) is 4.32. The quantitative estimate of drug-likeness (QED) is 0.925. The molecule has 1 aromatic carbocycles. The van der Waals surface area contributed by atoms with Crippen LogP contribution in [0.5, 0.6) is 0 Å². The molecule has 0 aliphatic heterocycles. The lowest BCUT2D eigenvalue weighted by Crippen LogP contribution is -2.18. The molecule has 0 spiro atoms. The molecular weight excluding hydrogens is 289 g/mol. The molecule has 1 saturated carbocycles. The molecule has 0 atom stereocenters. The molecule has 4 nitrogen and oxygen atoms in total. The minimum absolute atomic E-state index is 0.344. The van der Waals surface area contributed by atoms with Gasteiger partial charge in [0.1, 0.15) is 5.82 Å². The Hall–Kier alpha value is -1.27. The van der Waals surface area contributed by atoms with Crippen LogP contribution >= 0.6 is 15.9 Å². The Kier molecular flexibility index (Phi) is 2.31. The molecule has 1 aromatic heterocycles. The van der Waals surface area contributed by atoms with Crippen LogP contribution in [0.2, 0.25) is 0 Å². The van der Waals surface area contributed by atoms with E-state index in [1.807, 2.05) is 0 Å². The number of hydrogen-bond acceptors (Lipinski definition) is 4. The Morgan fingerprint density at radius 3 is 2.88 bits per heavy atom. The van der Waals surface area contributed by atoms with E-state index in [1.54, 1.807) is 6.07 Å². The Bertz CT molecular complexity index is 580. The number of aromatic nitrogens is 2. The van der Waals surface area contributed by atoms with Crippen molar-refractivity contribution in [2.45, 2.75) is 18.4 Å². The maximum atomic E-state index is 13.2. The van der Waals surface area contributed by atoms with Gasteiger partial charge in [0.15, 0.2) is 0 Å². The molecule has 0 bridgehead atoms. The van der Waals surface area contributed by atoms with Gasteiger partial charge in [-0.2, -0.15) is 4.98 Å². The van der Waals surface area contributed by atoms with Gasteiger partial charge in [-0.05, 0) is 31.0 Å². The van der Waals surface area contributed by atoms with Crippen molar-refractivity contribution in [2.75, 3.05) is 0 Å². The van der Waals surface area contributed by atoms with Gasteiger partial charge in [0, 0.05) is 10.0 Å². The van der Waals surface area contributed by atoms with Gasteiger partial charge in [-0.25, -0.2) is 4.39 Å². The van der Waals surface area contributed by atoms with Crippen molar-refractivity contribution >= 4 is 15.9 Å². The first-order valence-corrected chi connectivity index (χ1v) is 5.96. The molecular formula is C11H9BrFN3O. The zero-order chi connectivity index (χ0) is 12.0. The van der Waals surface area contributed by atoms with Crippen molar-refractivity contribution < 1.29 is 8.91 Å². The normalized spacial score (nSPS) is 17.1. The predicted octanol–water partition coefficient (Wildman–Crippen LogP) is 2.59. The number of nitrogens with zero attached hydrogens (tertiary/aromatic N) is 2. The second-order valence-electron chi connectivity index (χ2n) is 4.20. The fourth-order valence-electron chi connectivity index (χ4n) is 1.55. The second-order valence-corrected chi connectivity index (χ2v) is 5.06. The number of nitrogens with two attached hydrogens (primary N) is 1. The molecule has 1 aliphatic carbocycles. The molecule has 2 aromatic rings. The lowest BCUT2D eigenvalue weighted by molar-refractivity contribution is 0.348. The van der Waals surface area contributed by atoms with E-state index < -0.39 is 5.54 Å². The highest BCUT2D eigenvalue weighted by Crippen LogP contribution is 2.42. The van der Waals surface area contributed by atoms with E-state index >= 15 is 0 Å². The third-order valence-electron chi connectivity index (χ3n) is 2.81. The second kappa shape index (κ2) is 3.61. The fraction of sp³-hybridized carbons (Fsp3) is 0.273. The molecule has 1 fully saturated rings. The van der Waals surface area contributed by atoms with Crippen LogP contribution in [0.25, 0.3) is 11.4 Å². The Morgan fingerprint density at radius 1 is 1.41 bits per heavy atom. The van der Waals surface area contributed by atoms with Gasteiger partial charge in [0.2, 0.25) is 11.7 Å². The number of hydrogen-bond donors (Lipinski definition) is 1. The summed E-state index contributed by atoms with van der Waals surface area (Å²) in [6.45, 7) is 0. The number of benzene rings is 1. The van der Waals surface area contributed by atoms with Crippen molar-refractivity contribution in [1.29, 1.82) is 0 Å². The van der Waals surface area contributed by atoms with Crippen LogP contribution in [0.15, 0.2) is 27.2 Å². The number of rotatable bonds is 2. The van der Waals surface area contributed by atoms with Crippen LogP contribution in [0.4, 0.5) is 4.39 Å². The van der Waals surface area contributed by atoms with Gasteiger partial charge in [-0.15, -0.1) is 0 Å². The highest BCUT2D eigenvalue weighted by Gasteiger charge is 2.45. The largest absolute Gasteiger partial charge is 0.337 e. The van der Waals surface area contributed by atoms with E-state index in [2.05, 4.69) is 26.1 Å². The van der Waals surface area contributed by atoms with E-state index in [0.717, 1.165) is 12.8 Å². The smallest absolute Gasteiger partial charge is 0.247 e. The maximum Gasteiger partial charge on any atom is 0.247 e. The molecule has 17 heavy (non-hydrogen) atoms. The first-order valence-electron chi connectivity index (χ1n) is 5.17. The lowest BCUT2D eigenvalue weighted by atomic mass is 10.2. The summed E-state index contributed by atoms with van der Waals surface area (Å²) in [5.74, 6) is 0.426. The summed E-state index contributed by atoms with van der Waals surface area (Å²) in [5, 5.41) is 3.83. The van der Waals surface area contributed by atoms with E-state index in [0.29, 0.717) is 21.8 Å². The average Bonchev–Trinajstić information content (AvgIpc) is 2.88. The summed E-state index contributed by atoms with van der Waals surface area (Å²) in [7, 11) is 0. The molecule has 0 amide bonds. The molecule has 3 rings (SSSR count). The van der Waals surface area contributed by atoms with E-state index in [9.17, 15) is 4.39 Å². The van der Waals surface area contributed by atoms with Crippen LogP contribution < -0.4 is 5.73 Å². The lowest BCUT2D eigenvalue weighted by Gasteiger charge is -1.99. The van der Waals surface area contributed by atoms with Crippen LogP contribution in [0.3, 0.4) is 0 Å². The molecule has 0 saturated heterocycles. The summed E-state index contributed by atoms with van der Waals surface area (Å²) < 4.78 is 19.0. The van der Waals surface area contributed by atoms with Gasteiger partial charge < -0.3 is 10.3 Å². The zero-order valence-corrected chi connectivity index (χ0v) is 10.4. The van der Waals surface area contributed by atoms with Crippen LogP contribution in [-0.4, -0.2) is 10.1 Å². The van der Waals surface area contributed by atoms with Crippen molar-refractivity contribution in [3.05, 3.63) is 34.4 Å². The van der Waals surface area contributed by atoms with Crippen LogP contribution in [-0.2, 0) is 5.54 Å². The minimum Gasteiger partial charge on any atom is -0.337 e. The van der Waals surface area contributed by atoms with Gasteiger partial charge >= 0.3 is 0 Å². The molecule has 1 heterocycles.